The van der Waals surface area contributed by atoms with Gasteiger partial charge in [0.05, 0.1) is 16.1 Å². The van der Waals surface area contributed by atoms with Gasteiger partial charge in [0.15, 0.2) is 0 Å². The Hall–Kier alpha value is -3.19. The van der Waals surface area contributed by atoms with E-state index in [4.69, 9.17) is 0 Å². The van der Waals surface area contributed by atoms with E-state index < -0.39 is 0 Å². The molecule has 1 aliphatic heterocycles. The molecule has 2 heterocycles. The maximum Gasteiger partial charge on any atom is 0.264 e. The van der Waals surface area contributed by atoms with Crippen LogP contribution in [0, 0.1) is 12.8 Å². The summed E-state index contributed by atoms with van der Waals surface area (Å²) >= 11 is 1.50. The van der Waals surface area contributed by atoms with Crippen molar-refractivity contribution < 1.29 is 14.4 Å². The van der Waals surface area contributed by atoms with E-state index in [-0.39, 0.29) is 23.6 Å². The van der Waals surface area contributed by atoms with Gasteiger partial charge < -0.3 is 15.1 Å². The molecule has 7 heteroatoms. The van der Waals surface area contributed by atoms with Crippen molar-refractivity contribution >= 4 is 45.5 Å². The van der Waals surface area contributed by atoms with Crippen LogP contribution in [0.15, 0.2) is 48.5 Å². The predicted octanol–water partition coefficient (Wildman–Crippen LogP) is 4.16. The number of hydrogen-bond donors (Lipinski definition) is 1. The summed E-state index contributed by atoms with van der Waals surface area (Å²) in [6.45, 7) is 3.93. The molecule has 6 nitrogen and oxygen atoms in total. The van der Waals surface area contributed by atoms with Crippen molar-refractivity contribution in [3.05, 3.63) is 63.8 Å². The van der Waals surface area contributed by atoms with Gasteiger partial charge in [0.2, 0.25) is 5.91 Å². The molecule has 0 unspecified atom stereocenters. The first kappa shape index (κ1) is 20.7. The number of piperazine rings is 1. The lowest BCUT2D eigenvalue weighted by atomic mass is 10.0. The minimum absolute atomic E-state index is 0.0176. The standard InChI is InChI=1S/C25H25N3O3S/c1-16-6-9-22(32-16)25(31)28-12-10-27(11-13-28)24(30)20-14-18-4-2-3-5-19(18)15-21(20)26-23(29)17-7-8-17/h2-6,9,14-15,17H,7-8,10-13H2,1H3,(H,26,29). The number of benzene rings is 2. The normalized spacial score (nSPS) is 16.3. The number of nitrogens with one attached hydrogen (secondary N) is 1. The van der Waals surface area contributed by atoms with Gasteiger partial charge in [0.25, 0.3) is 11.8 Å². The molecule has 1 aromatic heterocycles. The Bertz CT molecular complexity index is 1210. The van der Waals surface area contributed by atoms with Crippen LogP contribution in [0.3, 0.4) is 0 Å². The highest BCUT2D eigenvalue weighted by molar-refractivity contribution is 7.13. The Balaban J connectivity index is 1.35. The second-order valence-electron chi connectivity index (χ2n) is 8.50. The van der Waals surface area contributed by atoms with Crippen LogP contribution in [0.2, 0.25) is 0 Å². The van der Waals surface area contributed by atoms with Gasteiger partial charge >= 0.3 is 0 Å². The van der Waals surface area contributed by atoms with Crippen LogP contribution in [0.5, 0.6) is 0 Å². The van der Waals surface area contributed by atoms with E-state index in [0.29, 0.717) is 37.4 Å². The van der Waals surface area contributed by atoms with Crippen LogP contribution in [0.25, 0.3) is 10.8 Å². The lowest BCUT2D eigenvalue weighted by molar-refractivity contribution is -0.117. The minimum atomic E-state index is -0.110. The minimum Gasteiger partial charge on any atom is -0.335 e. The van der Waals surface area contributed by atoms with E-state index in [1.165, 1.54) is 11.3 Å². The van der Waals surface area contributed by atoms with Crippen LogP contribution in [-0.4, -0.2) is 53.7 Å². The van der Waals surface area contributed by atoms with E-state index in [0.717, 1.165) is 33.4 Å². The molecule has 0 atom stereocenters. The summed E-state index contributed by atoms with van der Waals surface area (Å²) in [5.41, 5.74) is 1.07. The summed E-state index contributed by atoms with van der Waals surface area (Å²) in [4.78, 5) is 44.1. The van der Waals surface area contributed by atoms with Crippen molar-refractivity contribution in [2.45, 2.75) is 19.8 Å². The Morgan fingerprint density at radius 3 is 2.09 bits per heavy atom. The number of hydrogen-bond acceptors (Lipinski definition) is 4. The van der Waals surface area contributed by atoms with Crippen molar-refractivity contribution in [1.82, 2.24) is 9.80 Å². The van der Waals surface area contributed by atoms with E-state index in [9.17, 15) is 14.4 Å². The monoisotopic (exact) mass is 447 g/mol. The molecule has 1 aliphatic carbocycles. The van der Waals surface area contributed by atoms with Crippen LogP contribution in [0.1, 0.15) is 37.7 Å². The molecule has 1 saturated heterocycles. The Morgan fingerprint density at radius 1 is 0.875 bits per heavy atom. The van der Waals surface area contributed by atoms with Gasteiger partial charge in [-0.1, -0.05) is 24.3 Å². The molecule has 0 radical (unpaired) electrons. The third-order valence-electron chi connectivity index (χ3n) is 6.13. The molecule has 32 heavy (non-hydrogen) atoms. The number of carbonyl (C=O) groups excluding carboxylic acids is 3. The maximum atomic E-state index is 13.5. The summed E-state index contributed by atoms with van der Waals surface area (Å²) in [6, 6.07) is 15.4. The molecule has 2 fully saturated rings. The number of carbonyl (C=O) groups is 3. The number of thiophene rings is 1. The topological polar surface area (TPSA) is 69.7 Å². The third kappa shape index (κ3) is 4.12. The summed E-state index contributed by atoms with van der Waals surface area (Å²) in [7, 11) is 0. The van der Waals surface area contributed by atoms with Crippen LogP contribution >= 0.6 is 11.3 Å². The molecule has 164 valence electrons. The fourth-order valence-electron chi connectivity index (χ4n) is 4.09. The number of anilines is 1. The fraction of sp³-hybridized carbons (Fsp3) is 0.320. The largest absolute Gasteiger partial charge is 0.335 e. The summed E-state index contributed by atoms with van der Waals surface area (Å²) in [6.07, 6.45) is 1.81. The zero-order chi connectivity index (χ0) is 22.2. The van der Waals surface area contributed by atoms with Crippen molar-refractivity contribution in [1.29, 1.82) is 0 Å². The molecule has 2 aliphatic rings. The van der Waals surface area contributed by atoms with Gasteiger partial charge in [-0.05, 0) is 54.8 Å². The van der Waals surface area contributed by atoms with E-state index in [1.54, 1.807) is 4.90 Å². The first-order chi connectivity index (χ1) is 15.5. The molecule has 5 rings (SSSR count). The first-order valence-corrected chi connectivity index (χ1v) is 11.8. The van der Waals surface area contributed by atoms with Gasteiger partial charge in [-0.3, -0.25) is 14.4 Å². The Kier molecular flexibility index (Phi) is 5.43. The molecule has 1 saturated carbocycles. The molecule has 2 aromatic carbocycles. The van der Waals surface area contributed by atoms with E-state index >= 15 is 0 Å². The molecule has 1 N–H and O–H groups in total. The lowest BCUT2D eigenvalue weighted by Crippen LogP contribution is -2.50. The zero-order valence-electron chi connectivity index (χ0n) is 18.0. The van der Waals surface area contributed by atoms with Gasteiger partial charge in [0, 0.05) is 37.0 Å². The lowest BCUT2D eigenvalue weighted by Gasteiger charge is -2.35. The van der Waals surface area contributed by atoms with Gasteiger partial charge in [-0.2, -0.15) is 0 Å². The molecule has 3 aromatic rings. The molecule has 0 spiro atoms. The van der Waals surface area contributed by atoms with Gasteiger partial charge in [-0.25, -0.2) is 0 Å². The van der Waals surface area contributed by atoms with Crippen LogP contribution < -0.4 is 5.32 Å². The van der Waals surface area contributed by atoms with Gasteiger partial charge in [0.1, 0.15) is 0 Å². The quantitative estimate of drug-likeness (QED) is 0.653. The molecular weight excluding hydrogens is 422 g/mol. The van der Waals surface area contributed by atoms with E-state index in [2.05, 4.69) is 5.32 Å². The SMILES string of the molecule is Cc1ccc(C(=O)N2CCN(C(=O)c3cc4ccccc4cc3NC(=O)C3CC3)CC2)s1. The predicted molar refractivity (Wildman–Crippen MR) is 126 cm³/mol. The highest BCUT2D eigenvalue weighted by atomic mass is 32.1. The number of fused-ring (bicyclic) bond motifs is 1. The summed E-state index contributed by atoms with van der Waals surface area (Å²) in [5.74, 6) is -0.0462. The third-order valence-corrected chi connectivity index (χ3v) is 7.12. The maximum absolute atomic E-state index is 13.5. The smallest absolute Gasteiger partial charge is 0.264 e. The van der Waals surface area contributed by atoms with E-state index in [1.807, 2.05) is 60.4 Å². The second kappa shape index (κ2) is 8.39. The number of amides is 3. The number of rotatable bonds is 4. The van der Waals surface area contributed by atoms with Crippen LogP contribution in [-0.2, 0) is 4.79 Å². The fourth-order valence-corrected chi connectivity index (χ4v) is 4.92. The highest BCUT2D eigenvalue weighted by Gasteiger charge is 2.32. The van der Waals surface area contributed by atoms with Crippen LogP contribution in [0.4, 0.5) is 5.69 Å². The van der Waals surface area contributed by atoms with Crippen molar-refractivity contribution in [3.63, 3.8) is 0 Å². The molecule has 0 bridgehead atoms. The Labute approximate surface area is 190 Å². The van der Waals surface area contributed by atoms with Gasteiger partial charge in [-0.15, -0.1) is 11.3 Å². The highest BCUT2D eigenvalue weighted by Crippen LogP contribution is 2.32. The van der Waals surface area contributed by atoms with Crippen molar-refractivity contribution in [2.24, 2.45) is 5.92 Å². The Morgan fingerprint density at radius 2 is 1.50 bits per heavy atom. The molecule has 3 amide bonds. The average molecular weight is 448 g/mol. The first-order valence-electron chi connectivity index (χ1n) is 11.0. The summed E-state index contributed by atoms with van der Waals surface area (Å²) < 4.78 is 0. The molecular formula is C25H25N3O3S. The van der Waals surface area contributed by atoms with Crippen molar-refractivity contribution in [2.75, 3.05) is 31.5 Å². The number of aryl methyl sites for hydroxylation is 1. The second-order valence-corrected chi connectivity index (χ2v) is 9.79. The number of nitrogens with zero attached hydrogens (tertiary/aromatic N) is 2. The summed E-state index contributed by atoms with van der Waals surface area (Å²) in [5, 5.41) is 4.93. The van der Waals surface area contributed by atoms with Crippen molar-refractivity contribution in [3.8, 4) is 0 Å². The zero-order valence-corrected chi connectivity index (χ0v) is 18.8. The average Bonchev–Trinajstić information content (AvgIpc) is 3.58.